The van der Waals surface area contributed by atoms with Gasteiger partial charge in [0, 0.05) is 25.0 Å². The Hall–Kier alpha value is -2.68. The molecular weight excluding hydrogens is 530 g/mol. The third kappa shape index (κ3) is 7.97. The zero-order valence-electron chi connectivity index (χ0n) is 18.9. The van der Waals surface area contributed by atoms with Crippen LogP contribution in [0.15, 0.2) is 40.3 Å². The number of aryl methyl sites for hydroxylation is 2. The largest absolute Gasteiger partial charge is 0.348 e. The molecule has 1 amide bonds. The number of hydrazine groups is 1. The number of rotatable bonds is 6. The maximum Gasteiger partial charge on any atom is 0.272 e. The van der Waals surface area contributed by atoms with Gasteiger partial charge in [0.15, 0.2) is 5.79 Å². The number of hydrogen-bond donors (Lipinski definition) is 3. The molecule has 3 rings (SSSR count). The maximum absolute atomic E-state index is 12.7. The standard InChI is InChI=1S/C20H26BrN7O5S/c1-13-9-23-16(24-10-13)6-8-34(30,31)28-19(25-14-11-32-20(2,3)33-12-14)27-26-18(29)15-5-4-7-22-17(15)21/h4-5,7,9-10,14H,6,8,11-12H2,1-3H3,(H,26,29)(H2,25,27,28). The summed E-state index contributed by atoms with van der Waals surface area (Å²) in [4.78, 5) is 29.1. The average molecular weight is 556 g/mol. The van der Waals surface area contributed by atoms with Crippen LogP contribution in [0.2, 0.25) is 0 Å². The highest BCUT2D eigenvalue weighted by Crippen LogP contribution is 2.18. The van der Waals surface area contributed by atoms with Gasteiger partial charge in [-0.25, -0.2) is 28.4 Å². The van der Waals surface area contributed by atoms with Crippen molar-refractivity contribution in [2.75, 3.05) is 19.0 Å². The van der Waals surface area contributed by atoms with Crippen LogP contribution in [-0.4, -0.2) is 66.0 Å². The molecule has 1 aliphatic rings. The van der Waals surface area contributed by atoms with Crippen LogP contribution in [0.3, 0.4) is 0 Å². The molecule has 0 radical (unpaired) electrons. The number of halogens is 1. The number of aliphatic imine (C=N–C) groups is 1. The van der Waals surface area contributed by atoms with Crippen molar-refractivity contribution in [2.24, 2.45) is 4.99 Å². The minimum Gasteiger partial charge on any atom is -0.348 e. The van der Waals surface area contributed by atoms with Crippen molar-refractivity contribution in [2.45, 2.75) is 39.0 Å². The molecule has 0 aromatic carbocycles. The monoisotopic (exact) mass is 555 g/mol. The van der Waals surface area contributed by atoms with Crippen molar-refractivity contribution in [3.8, 4) is 0 Å². The first-order valence-electron chi connectivity index (χ1n) is 10.3. The highest BCUT2D eigenvalue weighted by molar-refractivity contribution is 9.10. The number of amides is 1. The number of aromatic nitrogens is 3. The van der Waals surface area contributed by atoms with Gasteiger partial charge in [-0.1, -0.05) is 0 Å². The van der Waals surface area contributed by atoms with E-state index in [1.54, 1.807) is 38.4 Å². The summed E-state index contributed by atoms with van der Waals surface area (Å²) in [5, 5.41) is 0. The fourth-order valence-corrected chi connectivity index (χ4v) is 4.12. The van der Waals surface area contributed by atoms with Crippen molar-refractivity contribution < 1.29 is 22.7 Å². The third-order valence-electron chi connectivity index (χ3n) is 4.54. The van der Waals surface area contributed by atoms with E-state index in [1.807, 2.05) is 6.92 Å². The molecule has 3 N–H and O–H groups in total. The number of carbonyl (C=O) groups excluding carboxylic acids is 1. The summed E-state index contributed by atoms with van der Waals surface area (Å²) in [6, 6.07) is 2.66. The van der Waals surface area contributed by atoms with Crippen LogP contribution in [0.4, 0.5) is 0 Å². The minimum absolute atomic E-state index is 0.0989. The molecule has 34 heavy (non-hydrogen) atoms. The summed E-state index contributed by atoms with van der Waals surface area (Å²) in [7, 11) is -3.86. The van der Waals surface area contributed by atoms with Crippen LogP contribution < -0.4 is 15.6 Å². The fraction of sp³-hybridized carbons (Fsp3) is 0.450. The smallest absolute Gasteiger partial charge is 0.272 e. The van der Waals surface area contributed by atoms with Gasteiger partial charge in [-0.3, -0.25) is 20.4 Å². The average Bonchev–Trinajstić information content (AvgIpc) is 2.78. The molecule has 2 aromatic heterocycles. The summed E-state index contributed by atoms with van der Waals surface area (Å²) in [6.45, 7) is 5.80. The van der Waals surface area contributed by atoms with Crippen molar-refractivity contribution in [3.63, 3.8) is 0 Å². The van der Waals surface area contributed by atoms with E-state index in [1.165, 1.54) is 6.20 Å². The first-order valence-corrected chi connectivity index (χ1v) is 12.8. The van der Waals surface area contributed by atoms with E-state index < -0.39 is 27.8 Å². The molecule has 1 aliphatic heterocycles. The number of pyridine rings is 1. The molecule has 0 bridgehead atoms. The van der Waals surface area contributed by atoms with E-state index in [0.29, 0.717) is 10.4 Å². The van der Waals surface area contributed by atoms with Crippen LogP contribution >= 0.6 is 15.9 Å². The molecule has 3 heterocycles. The van der Waals surface area contributed by atoms with Crippen molar-refractivity contribution in [1.82, 2.24) is 30.5 Å². The van der Waals surface area contributed by atoms with Gasteiger partial charge >= 0.3 is 0 Å². The Balaban J connectivity index is 1.70. The van der Waals surface area contributed by atoms with Crippen LogP contribution in [0.25, 0.3) is 0 Å². The Morgan fingerprint density at radius 3 is 2.53 bits per heavy atom. The van der Waals surface area contributed by atoms with E-state index in [9.17, 15) is 13.2 Å². The van der Waals surface area contributed by atoms with E-state index in [2.05, 4.69) is 51.4 Å². The van der Waals surface area contributed by atoms with Crippen LogP contribution in [0, 0.1) is 6.92 Å². The molecule has 184 valence electrons. The Morgan fingerprint density at radius 1 is 1.21 bits per heavy atom. The van der Waals surface area contributed by atoms with Gasteiger partial charge in [0.2, 0.25) is 16.0 Å². The summed E-state index contributed by atoms with van der Waals surface area (Å²) in [6.07, 6.45) is 4.86. The lowest BCUT2D eigenvalue weighted by atomic mass is 10.3. The molecule has 0 spiro atoms. The molecular formula is C20H26BrN7O5S. The van der Waals surface area contributed by atoms with Crippen LogP contribution in [0.1, 0.15) is 35.6 Å². The second-order valence-electron chi connectivity index (χ2n) is 7.92. The number of sulfonamides is 1. The van der Waals surface area contributed by atoms with Crippen molar-refractivity contribution in [3.05, 3.63) is 52.3 Å². The lowest BCUT2D eigenvalue weighted by Gasteiger charge is -2.33. The summed E-state index contributed by atoms with van der Waals surface area (Å²) >= 11 is 3.20. The molecule has 2 aromatic rings. The van der Waals surface area contributed by atoms with Gasteiger partial charge in [0.05, 0.1) is 24.5 Å². The number of hydrogen-bond acceptors (Lipinski definition) is 9. The van der Waals surface area contributed by atoms with Gasteiger partial charge in [-0.15, -0.1) is 0 Å². The summed E-state index contributed by atoms with van der Waals surface area (Å²) < 4.78 is 39.3. The zero-order valence-corrected chi connectivity index (χ0v) is 21.3. The van der Waals surface area contributed by atoms with Gasteiger partial charge < -0.3 is 9.47 Å². The normalized spacial score (nSPS) is 16.6. The number of nitrogens with one attached hydrogen (secondary N) is 3. The van der Waals surface area contributed by atoms with E-state index >= 15 is 0 Å². The molecule has 1 saturated heterocycles. The SMILES string of the molecule is Cc1cnc(CCS(=O)(=O)NC(=NC2COC(C)(C)OC2)NNC(=O)c2cccnc2Br)nc1. The number of carbonyl (C=O) groups is 1. The number of ether oxygens (including phenoxy) is 2. The number of guanidine groups is 1. The second-order valence-corrected chi connectivity index (χ2v) is 10.5. The molecule has 0 saturated carbocycles. The Bertz CT molecular complexity index is 1130. The molecule has 12 nitrogen and oxygen atoms in total. The van der Waals surface area contributed by atoms with Crippen LogP contribution in [0.5, 0.6) is 0 Å². The zero-order chi connectivity index (χ0) is 24.8. The van der Waals surface area contributed by atoms with Crippen molar-refractivity contribution in [1.29, 1.82) is 0 Å². The molecule has 0 aliphatic carbocycles. The topological polar surface area (TPSA) is 157 Å². The first-order chi connectivity index (χ1) is 16.0. The maximum atomic E-state index is 12.7. The van der Waals surface area contributed by atoms with Crippen LogP contribution in [-0.2, 0) is 25.9 Å². The summed E-state index contributed by atoms with van der Waals surface area (Å²) in [5.41, 5.74) is 6.09. The third-order valence-corrected chi connectivity index (χ3v) is 6.42. The predicted octanol–water partition coefficient (Wildman–Crippen LogP) is 0.847. The molecule has 1 fully saturated rings. The minimum atomic E-state index is -3.86. The van der Waals surface area contributed by atoms with Gasteiger partial charge in [0.25, 0.3) is 5.91 Å². The molecule has 0 unspecified atom stereocenters. The van der Waals surface area contributed by atoms with Gasteiger partial charge in [-0.2, -0.15) is 0 Å². The van der Waals surface area contributed by atoms with E-state index in [-0.39, 0.29) is 36.9 Å². The first kappa shape index (κ1) is 25.9. The number of nitrogens with zero attached hydrogens (tertiary/aromatic N) is 4. The molecule has 14 heteroatoms. The highest BCUT2D eigenvalue weighted by Gasteiger charge is 2.29. The van der Waals surface area contributed by atoms with Gasteiger partial charge in [-0.05, 0) is 54.4 Å². The quantitative estimate of drug-likeness (QED) is 0.203. The Morgan fingerprint density at radius 2 is 1.88 bits per heavy atom. The molecule has 0 atom stereocenters. The Kier molecular flexibility index (Phi) is 8.52. The van der Waals surface area contributed by atoms with Gasteiger partial charge in [0.1, 0.15) is 16.5 Å². The van der Waals surface area contributed by atoms with E-state index in [4.69, 9.17) is 9.47 Å². The van der Waals surface area contributed by atoms with Crippen molar-refractivity contribution >= 4 is 37.8 Å². The fourth-order valence-electron chi connectivity index (χ4n) is 2.74. The predicted molar refractivity (Wildman–Crippen MR) is 127 cm³/mol. The van der Waals surface area contributed by atoms with E-state index in [0.717, 1.165) is 5.56 Å². The highest BCUT2D eigenvalue weighted by atomic mass is 79.9. The lowest BCUT2D eigenvalue weighted by Crippen LogP contribution is -2.52. The summed E-state index contributed by atoms with van der Waals surface area (Å²) in [5.74, 6) is -1.38. The Labute approximate surface area is 206 Å². The second kappa shape index (κ2) is 11.2. The lowest BCUT2D eigenvalue weighted by molar-refractivity contribution is -0.249.